The van der Waals surface area contributed by atoms with E-state index in [9.17, 15) is 13.2 Å². The van der Waals surface area contributed by atoms with Crippen LogP contribution in [-0.2, 0) is 0 Å². The number of hydrogen-bond acceptors (Lipinski definition) is 4. The van der Waals surface area contributed by atoms with E-state index in [4.69, 9.17) is 5.73 Å². The van der Waals surface area contributed by atoms with Crippen molar-refractivity contribution >= 4 is 11.8 Å². The molecule has 0 fully saturated rings. The Morgan fingerprint density at radius 2 is 2.06 bits per heavy atom. The standard InChI is InChI=1S/C9H13F3N4/c1-5-3-7(16-8(13)15-5)14-6(2)4-9(10,11)12/h3,6H,4H2,1-2H3,(H3,13,14,15,16). The van der Waals surface area contributed by atoms with E-state index in [2.05, 4.69) is 15.3 Å². The van der Waals surface area contributed by atoms with Crippen LogP contribution in [0.1, 0.15) is 19.0 Å². The Bertz CT molecular complexity index is 344. The first-order valence-electron chi connectivity index (χ1n) is 4.71. The maximum atomic E-state index is 12.1. The summed E-state index contributed by atoms with van der Waals surface area (Å²) in [7, 11) is 0. The molecule has 1 aromatic heterocycles. The lowest BCUT2D eigenvalue weighted by Gasteiger charge is -2.16. The maximum absolute atomic E-state index is 12.1. The molecule has 0 saturated carbocycles. The molecule has 1 heterocycles. The first-order valence-corrected chi connectivity index (χ1v) is 4.71. The first kappa shape index (κ1) is 12.5. The van der Waals surface area contributed by atoms with Gasteiger partial charge in [-0.1, -0.05) is 0 Å². The normalized spacial score (nSPS) is 13.6. The van der Waals surface area contributed by atoms with E-state index < -0.39 is 18.6 Å². The highest BCUT2D eigenvalue weighted by Gasteiger charge is 2.30. The van der Waals surface area contributed by atoms with Gasteiger partial charge in [-0.15, -0.1) is 0 Å². The van der Waals surface area contributed by atoms with E-state index in [1.54, 1.807) is 13.0 Å². The van der Waals surface area contributed by atoms with Gasteiger partial charge in [0.05, 0.1) is 6.42 Å². The topological polar surface area (TPSA) is 63.8 Å². The largest absolute Gasteiger partial charge is 0.391 e. The molecule has 0 aliphatic carbocycles. The third-order valence-corrected chi connectivity index (χ3v) is 1.80. The molecule has 0 amide bonds. The maximum Gasteiger partial charge on any atom is 0.391 e. The summed E-state index contributed by atoms with van der Waals surface area (Å²) in [4.78, 5) is 7.61. The molecule has 0 bridgehead atoms. The fourth-order valence-electron chi connectivity index (χ4n) is 1.32. The molecule has 0 aromatic carbocycles. The Morgan fingerprint density at radius 1 is 1.44 bits per heavy atom. The van der Waals surface area contributed by atoms with Gasteiger partial charge in [0.15, 0.2) is 0 Å². The molecule has 0 radical (unpaired) electrons. The number of alkyl halides is 3. The van der Waals surface area contributed by atoms with Crippen LogP contribution in [0.15, 0.2) is 6.07 Å². The average Bonchev–Trinajstić information content (AvgIpc) is 1.96. The summed E-state index contributed by atoms with van der Waals surface area (Å²) in [6.07, 6.45) is -5.12. The third-order valence-electron chi connectivity index (χ3n) is 1.80. The number of nitrogen functional groups attached to an aromatic ring is 1. The van der Waals surface area contributed by atoms with Gasteiger partial charge >= 0.3 is 6.18 Å². The van der Waals surface area contributed by atoms with Gasteiger partial charge in [-0.3, -0.25) is 0 Å². The smallest absolute Gasteiger partial charge is 0.368 e. The Hall–Kier alpha value is -1.53. The van der Waals surface area contributed by atoms with E-state index in [0.717, 1.165) is 0 Å². The van der Waals surface area contributed by atoms with Crippen LogP contribution in [0.25, 0.3) is 0 Å². The van der Waals surface area contributed by atoms with Crippen molar-refractivity contribution in [1.29, 1.82) is 0 Å². The second-order valence-electron chi connectivity index (χ2n) is 3.62. The fourth-order valence-corrected chi connectivity index (χ4v) is 1.32. The molecular weight excluding hydrogens is 221 g/mol. The number of nitrogens with one attached hydrogen (secondary N) is 1. The van der Waals surface area contributed by atoms with Gasteiger partial charge in [0.2, 0.25) is 5.95 Å². The zero-order chi connectivity index (χ0) is 12.3. The molecule has 4 nitrogen and oxygen atoms in total. The van der Waals surface area contributed by atoms with Crippen molar-refractivity contribution in [3.8, 4) is 0 Å². The Labute approximate surface area is 91.1 Å². The molecule has 7 heteroatoms. The van der Waals surface area contributed by atoms with E-state index >= 15 is 0 Å². The monoisotopic (exact) mass is 234 g/mol. The predicted molar refractivity (Wildman–Crippen MR) is 54.9 cm³/mol. The van der Waals surface area contributed by atoms with E-state index in [-0.39, 0.29) is 5.95 Å². The van der Waals surface area contributed by atoms with E-state index in [1.165, 1.54) is 6.92 Å². The van der Waals surface area contributed by atoms with Gasteiger partial charge in [-0.25, -0.2) is 4.98 Å². The second-order valence-corrected chi connectivity index (χ2v) is 3.62. The van der Waals surface area contributed by atoms with Crippen LogP contribution in [0, 0.1) is 6.92 Å². The van der Waals surface area contributed by atoms with Crippen LogP contribution in [0.5, 0.6) is 0 Å². The van der Waals surface area contributed by atoms with E-state index in [1.807, 2.05) is 0 Å². The van der Waals surface area contributed by atoms with Gasteiger partial charge in [0, 0.05) is 17.8 Å². The number of aryl methyl sites for hydroxylation is 1. The molecular formula is C9H13F3N4. The van der Waals surface area contributed by atoms with E-state index in [0.29, 0.717) is 11.5 Å². The fraction of sp³-hybridized carbons (Fsp3) is 0.556. The first-order chi connectivity index (χ1) is 7.26. The molecule has 1 atom stereocenters. The summed E-state index contributed by atoms with van der Waals surface area (Å²) in [5.41, 5.74) is 5.98. The predicted octanol–water partition coefficient (Wildman–Crippen LogP) is 2.12. The lowest BCUT2D eigenvalue weighted by molar-refractivity contribution is -0.136. The molecule has 90 valence electrons. The molecule has 0 spiro atoms. The van der Waals surface area contributed by atoms with Crippen molar-refractivity contribution in [3.05, 3.63) is 11.8 Å². The zero-order valence-electron chi connectivity index (χ0n) is 8.97. The Morgan fingerprint density at radius 3 is 2.56 bits per heavy atom. The SMILES string of the molecule is Cc1cc(NC(C)CC(F)(F)F)nc(N)n1. The van der Waals surface area contributed by atoms with Crippen LogP contribution in [0.2, 0.25) is 0 Å². The lowest BCUT2D eigenvalue weighted by Crippen LogP contribution is -2.24. The molecule has 16 heavy (non-hydrogen) atoms. The van der Waals surface area contributed by atoms with Crippen molar-refractivity contribution in [2.24, 2.45) is 0 Å². The summed E-state index contributed by atoms with van der Waals surface area (Å²) in [5.74, 6) is 0.350. The van der Waals surface area contributed by atoms with Crippen LogP contribution in [-0.4, -0.2) is 22.2 Å². The van der Waals surface area contributed by atoms with Crippen LogP contribution in [0.3, 0.4) is 0 Å². The van der Waals surface area contributed by atoms with Crippen LogP contribution < -0.4 is 11.1 Å². The van der Waals surface area contributed by atoms with Crippen LogP contribution >= 0.6 is 0 Å². The van der Waals surface area contributed by atoms with Crippen molar-refractivity contribution in [3.63, 3.8) is 0 Å². The highest BCUT2D eigenvalue weighted by atomic mass is 19.4. The highest BCUT2D eigenvalue weighted by Crippen LogP contribution is 2.23. The number of aromatic nitrogens is 2. The molecule has 0 aliphatic rings. The van der Waals surface area contributed by atoms with Gasteiger partial charge in [0.1, 0.15) is 5.82 Å². The summed E-state index contributed by atoms with van der Waals surface area (Å²) < 4.78 is 36.2. The Balaban J connectivity index is 2.66. The minimum atomic E-state index is -4.19. The average molecular weight is 234 g/mol. The third kappa shape index (κ3) is 4.33. The molecule has 1 aromatic rings. The number of hydrogen-bond donors (Lipinski definition) is 2. The quantitative estimate of drug-likeness (QED) is 0.840. The van der Waals surface area contributed by atoms with Gasteiger partial charge in [-0.2, -0.15) is 18.2 Å². The number of rotatable bonds is 3. The molecule has 3 N–H and O–H groups in total. The minimum absolute atomic E-state index is 0.0432. The lowest BCUT2D eigenvalue weighted by atomic mass is 10.2. The van der Waals surface area contributed by atoms with Crippen molar-refractivity contribution in [1.82, 2.24) is 9.97 Å². The Kier molecular flexibility index (Phi) is 3.56. The number of nitrogens with two attached hydrogens (primary N) is 1. The summed E-state index contributed by atoms with van der Waals surface area (Å²) >= 11 is 0. The molecule has 0 aliphatic heterocycles. The van der Waals surface area contributed by atoms with Gasteiger partial charge < -0.3 is 11.1 Å². The molecule has 1 unspecified atom stereocenters. The van der Waals surface area contributed by atoms with Crippen molar-refractivity contribution in [2.45, 2.75) is 32.5 Å². The van der Waals surface area contributed by atoms with Crippen molar-refractivity contribution < 1.29 is 13.2 Å². The number of halogens is 3. The summed E-state index contributed by atoms with van der Waals surface area (Å²) in [5, 5.41) is 2.63. The summed E-state index contributed by atoms with van der Waals surface area (Å²) in [6.45, 7) is 3.12. The molecule has 1 rings (SSSR count). The van der Waals surface area contributed by atoms with Crippen LogP contribution in [0.4, 0.5) is 24.9 Å². The zero-order valence-corrected chi connectivity index (χ0v) is 8.97. The van der Waals surface area contributed by atoms with Gasteiger partial charge in [-0.05, 0) is 13.8 Å². The van der Waals surface area contributed by atoms with Gasteiger partial charge in [0.25, 0.3) is 0 Å². The molecule has 0 saturated heterocycles. The highest BCUT2D eigenvalue weighted by molar-refractivity contribution is 5.40. The van der Waals surface area contributed by atoms with Crippen molar-refractivity contribution in [2.75, 3.05) is 11.1 Å². The number of nitrogens with zero attached hydrogens (tertiary/aromatic N) is 2. The summed E-state index contributed by atoms with van der Waals surface area (Å²) in [6, 6.07) is 0.789. The minimum Gasteiger partial charge on any atom is -0.368 e. The second kappa shape index (κ2) is 4.54. The number of anilines is 2.